The number of nitrogen functional groups attached to an aromatic ring is 1. The molecule has 0 fully saturated rings. The zero-order valence-corrected chi connectivity index (χ0v) is 9.93. The Balaban J connectivity index is 1.96. The second-order valence-corrected chi connectivity index (χ2v) is 3.91. The molecule has 2 rings (SSSR count). The summed E-state index contributed by atoms with van der Waals surface area (Å²) >= 11 is 0. The summed E-state index contributed by atoms with van der Waals surface area (Å²) in [6.45, 7) is 0.732. The minimum Gasteiger partial charge on any atom is -0.397 e. The molecule has 0 atom stereocenters. The average Bonchev–Trinajstić information content (AvgIpc) is 2.42. The van der Waals surface area contributed by atoms with Crippen molar-refractivity contribution in [2.45, 2.75) is 6.42 Å². The van der Waals surface area contributed by atoms with Crippen molar-refractivity contribution in [3.05, 3.63) is 53.9 Å². The number of hydrogen-bond acceptors (Lipinski definition) is 4. The lowest BCUT2D eigenvalue weighted by Gasteiger charge is -2.09. The first-order chi connectivity index (χ1) is 8.79. The summed E-state index contributed by atoms with van der Waals surface area (Å²) in [7, 11) is 0. The van der Waals surface area contributed by atoms with E-state index >= 15 is 0 Å². The molecule has 0 spiro atoms. The SMILES string of the molecule is N#Cc1ccc(N)c(NCCc2ccccn2)c1. The van der Waals surface area contributed by atoms with Crippen LogP contribution in [-0.4, -0.2) is 11.5 Å². The van der Waals surface area contributed by atoms with Gasteiger partial charge in [-0.2, -0.15) is 5.26 Å². The number of aromatic nitrogens is 1. The molecule has 0 bridgehead atoms. The van der Waals surface area contributed by atoms with Crippen LogP contribution in [0.2, 0.25) is 0 Å². The zero-order chi connectivity index (χ0) is 12.8. The van der Waals surface area contributed by atoms with Crippen LogP contribution in [0.25, 0.3) is 0 Å². The highest BCUT2D eigenvalue weighted by atomic mass is 14.9. The van der Waals surface area contributed by atoms with Crippen molar-refractivity contribution in [3.8, 4) is 6.07 Å². The summed E-state index contributed by atoms with van der Waals surface area (Å²) in [4.78, 5) is 4.24. The van der Waals surface area contributed by atoms with E-state index in [1.54, 1.807) is 24.4 Å². The highest BCUT2D eigenvalue weighted by Crippen LogP contribution is 2.19. The number of nitrogens with zero attached hydrogens (tertiary/aromatic N) is 2. The maximum absolute atomic E-state index is 8.83. The third-order valence-corrected chi connectivity index (χ3v) is 2.61. The molecule has 4 nitrogen and oxygen atoms in total. The Labute approximate surface area is 106 Å². The Hall–Kier alpha value is -2.54. The number of hydrogen-bond donors (Lipinski definition) is 2. The van der Waals surface area contributed by atoms with E-state index in [0.717, 1.165) is 24.3 Å². The molecule has 90 valence electrons. The van der Waals surface area contributed by atoms with Crippen LogP contribution in [0.15, 0.2) is 42.6 Å². The normalized spacial score (nSPS) is 9.72. The zero-order valence-electron chi connectivity index (χ0n) is 9.93. The van der Waals surface area contributed by atoms with Crippen molar-refractivity contribution in [1.29, 1.82) is 5.26 Å². The number of benzene rings is 1. The van der Waals surface area contributed by atoms with Crippen LogP contribution in [0.1, 0.15) is 11.3 Å². The molecule has 0 aliphatic rings. The van der Waals surface area contributed by atoms with Gasteiger partial charge in [-0.15, -0.1) is 0 Å². The van der Waals surface area contributed by atoms with Crippen LogP contribution in [0.5, 0.6) is 0 Å². The third kappa shape index (κ3) is 2.98. The van der Waals surface area contributed by atoms with E-state index < -0.39 is 0 Å². The molecule has 0 saturated heterocycles. The number of anilines is 2. The summed E-state index contributed by atoms with van der Waals surface area (Å²) in [5.74, 6) is 0. The van der Waals surface area contributed by atoms with Crippen LogP contribution < -0.4 is 11.1 Å². The Morgan fingerprint density at radius 1 is 1.28 bits per heavy atom. The minimum absolute atomic E-state index is 0.601. The molecule has 0 aliphatic carbocycles. The smallest absolute Gasteiger partial charge is 0.0992 e. The summed E-state index contributed by atoms with van der Waals surface area (Å²) in [5.41, 5.74) is 8.91. The second kappa shape index (κ2) is 5.69. The van der Waals surface area contributed by atoms with Crippen LogP contribution in [0.3, 0.4) is 0 Å². The summed E-state index contributed by atoms with van der Waals surface area (Å²) in [6.07, 6.45) is 2.59. The number of rotatable bonds is 4. The van der Waals surface area contributed by atoms with Gasteiger partial charge in [-0.3, -0.25) is 4.98 Å². The van der Waals surface area contributed by atoms with Crippen LogP contribution in [-0.2, 0) is 6.42 Å². The molecule has 1 heterocycles. The summed E-state index contributed by atoms with van der Waals surface area (Å²) in [5, 5.41) is 12.0. The van der Waals surface area contributed by atoms with E-state index in [9.17, 15) is 0 Å². The van der Waals surface area contributed by atoms with Gasteiger partial charge >= 0.3 is 0 Å². The van der Waals surface area contributed by atoms with E-state index in [2.05, 4.69) is 16.4 Å². The van der Waals surface area contributed by atoms with Gasteiger partial charge in [0.2, 0.25) is 0 Å². The van der Waals surface area contributed by atoms with Gasteiger partial charge in [0.05, 0.1) is 23.0 Å². The minimum atomic E-state index is 0.601. The average molecular weight is 238 g/mol. The molecule has 18 heavy (non-hydrogen) atoms. The fourth-order valence-corrected chi connectivity index (χ4v) is 1.65. The standard InChI is InChI=1S/C14H14N4/c15-10-11-4-5-13(16)14(9-11)18-8-6-12-3-1-2-7-17-12/h1-5,7,9,18H,6,8,16H2. The van der Waals surface area contributed by atoms with Crippen molar-refractivity contribution in [2.75, 3.05) is 17.6 Å². The Morgan fingerprint density at radius 2 is 2.17 bits per heavy atom. The number of nitrogens with one attached hydrogen (secondary N) is 1. The summed E-state index contributed by atoms with van der Waals surface area (Å²) < 4.78 is 0. The van der Waals surface area contributed by atoms with E-state index in [4.69, 9.17) is 11.0 Å². The third-order valence-electron chi connectivity index (χ3n) is 2.61. The maximum Gasteiger partial charge on any atom is 0.0992 e. The fraction of sp³-hybridized carbons (Fsp3) is 0.143. The monoisotopic (exact) mass is 238 g/mol. The Kier molecular flexibility index (Phi) is 3.77. The van der Waals surface area contributed by atoms with Gasteiger partial charge in [-0.1, -0.05) is 6.07 Å². The van der Waals surface area contributed by atoms with E-state index in [0.29, 0.717) is 11.3 Å². The van der Waals surface area contributed by atoms with Gasteiger partial charge in [-0.05, 0) is 30.3 Å². The van der Waals surface area contributed by atoms with E-state index in [1.807, 2.05) is 18.2 Å². The van der Waals surface area contributed by atoms with Crippen LogP contribution in [0.4, 0.5) is 11.4 Å². The number of pyridine rings is 1. The number of nitriles is 1. The molecule has 0 radical (unpaired) electrons. The molecule has 2 aromatic rings. The molecule has 0 unspecified atom stereocenters. The van der Waals surface area contributed by atoms with Crippen molar-refractivity contribution < 1.29 is 0 Å². The lowest BCUT2D eigenvalue weighted by Crippen LogP contribution is -2.07. The highest BCUT2D eigenvalue weighted by molar-refractivity contribution is 5.68. The van der Waals surface area contributed by atoms with E-state index in [-0.39, 0.29) is 0 Å². The van der Waals surface area contributed by atoms with Crippen molar-refractivity contribution >= 4 is 11.4 Å². The molecular formula is C14H14N4. The molecule has 1 aromatic carbocycles. The summed E-state index contributed by atoms with van der Waals surface area (Å²) in [6, 6.07) is 13.1. The molecule has 4 heteroatoms. The van der Waals surface area contributed by atoms with Crippen molar-refractivity contribution in [3.63, 3.8) is 0 Å². The lowest BCUT2D eigenvalue weighted by molar-refractivity contribution is 0.962. The Morgan fingerprint density at radius 3 is 2.89 bits per heavy atom. The molecule has 0 amide bonds. The topological polar surface area (TPSA) is 74.7 Å². The molecular weight excluding hydrogens is 224 g/mol. The van der Waals surface area contributed by atoms with Gasteiger partial charge in [0.1, 0.15) is 0 Å². The van der Waals surface area contributed by atoms with Crippen molar-refractivity contribution in [2.24, 2.45) is 0 Å². The second-order valence-electron chi connectivity index (χ2n) is 3.91. The molecule has 0 aliphatic heterocycles. The molecule has 3 N–H and O–H groups in total. The fourth-order valence-electron chi connectivity index (χ4n) is 1.65. The first-order valence-electron chi connectivity index (χ1n) is 5.73. The maximum atomic E-state index is 8.83. The van der Waals surface area contributed by atoms with Gasteiger partial charge in [0, 0.05) is 24.9 Å². The van der Waals surface area contributed by atoms with Crippen molar-refractivity contribution in [1.82, 2.24) is 4.98 Å². The van der Waals surface area contributed by atoms with Crippen LogP contribution in [0, 0.1) is 11.3 Å². The van der Waals surface area contributed by atoms with Crippen LogP contribution >= 0.6 is 0 Å². The highest BCUT2D eigenvalue weighted by Gasteiger charge is 2.00. The Bertz CT molecular complexity index is 558. The largest absolute Gasteiger partial charge is 0.397 e. The number of nitrogens with two attached hydrogens (primary N) is 1. The predicted molar refractivity (Wildman–Crippen MR) is 72.0 cm³/mol. The first kappa shape index (κ1) is 11.9. The molecule has 0 saturated carbocycles. The quantitative estimate of drug-likeness (QED) is 0.801. The van der Waals surface area contributed by atoms with Gasteiger partial charge < -0.3 is 11.1 Å². The van der Waals surface area contributed by atoms with Gasteiger partial charge in [-0.25, -0.2) is 0 Å². The van der Waals surface area contributed by atoms with E-state index in [1.165, 1.54) is 0 Å². The lowest BCUT2D eigenvalue weighted by atomic mass is 10.2. The predicted octanol–water partition coefficient (Wildman–Crippen LogP) is 2.19. The molecule has 1 aromatic heterocycles. The van der Waals surface area contributed by atoms with Gasteiger partial charge in [0.25, 0.3) is 0 Å². The van der Waals surface area contributed by atoms with Gasteiger partial charge in [0.15, 0.2) is 0 Å². The first-order valence-corrected chi connectivity index (χ1v) is 5.73.